The first-order valence-electron chi connectivity index (χ1n) is 4.82. The first kappa shape index (κ1) is 12.3. The van der Waals surface area contributed by atoms with Crippen LogP contribution in [0, 0.1) is 5.82 Å². The first-order chi connectivity index (χ1) is 7.54. The van der Waals surface area contributed by atoms with E-state index in [2.05, 4.69) is 5.32 Å². The van der Waals surface area contributed by atoms with Crippen molar-refractivity contribution in [2.24, 2.45) is 0 Å². The molecule has 1 aromatic rings. The monoisotopic (exact) mass is 226 g/mol. The number of ether oxygens (including phenoxy) is 1. The van der Waals surface area contributed by atoms with Gasteiger partial charge in [-0.2, -0.15) is 0 Å². The van der Waals surface area contributed by atoms with E-state index in [1.807, 2.05) is 0 Å². The van der Waals surface area contributed by atoms with Crippen molar-refractivity contribution in [1.29, 1.82) is 0 Å². The summed E-state index contributed by atoms with van der Waals surface area (Å²) in [7, 11) is 4.79. The summed E-state index contributed by atoms with van der Waals surface area (Å²) in [6, 6.07) is 4.33. The maximum atomic E-state index is 13.3. The number of methoxy groups -OCH3 is 1. The molecule has 0 saturated carbocycles. The second kappa shape index (κ2) is 5.34. The number of carbonyl (C=O) groups excluding carboxylic acids is 1. The number of halogens is 1. The standard InChI is InChI=1S/C11H15FN2O2/c1-14(2)11(15)7-13-10-6-8(16-3)4-5-9(10)12/h4-6,13H,7H2,1-3H3. The zero-order chi connectivity index (χ0) is 12.1. The molecule has 0 atom stereocenters. The van der Waals surface area contributed by atoms with E-state index in [1.165, 1.54) is 30.2 Å². The predicted molar refractivity (Wildman–Crippen MR) is 60.1 cm³/mol. The van der Waals surface area contributed by atoms with Crippen LogP contribution in [-0.4, -0.2) is 38.6 Å². The molecule has 0 radical (unpaired) electrons. The molecule has 0 aromatic heterocycles. The maximum Gasteiger partial charge on any atom is 0.241 e. The van der Waals surface area contributed by atoms with Crippen molar-refractivity contribution in [3.05, 3.63) is 24.0 Å². The first-order valence-corrected chi connectivity index (χ1v) is 4.82. The summed E-state index contributed by atoms with van der Waals surface area (Å²) in [6.07, 6.45) is 0. The van der Waals surface area contributed by atoms with Gasteiger partial charge in [0.05, 0.1) is 19.3 Å². The van der Waals surface area contributed by atoms with Gasteiger partial charge in [-0.3, -0.25) is 4.79 Å². The lowest BCUT2D eigenvalue weighted by Crippen LogP contribution is -2.28. The highest BCUT2D eigenvalue weighted by Crippen LogP contribution is 2.20. The van der Waals surface area contributed by atoms with Gasteiger partial charge in [-0.1, -0.05) is 0 Å². The normalized spacial score (nSPS) is 9.75. The van der Waals surface area contributed by atoms with E-state index in [1.54, 1.807) is 14.1 Å². The van der Waals surface area contributed by atoms with Crippen LogP contribution < -0.4 is 10.1 Å². The zero-order valence-electron chi connectivity index (χ0n) is 9.58. The highest BCUT2D eigenvalue weighted by molar-refractivity contribution is 5.80. The Morgan fingerprint density at radius 2 is 2.19 bits per heavy atom. The summed E-state index contributed by atoms with van der Waals surface area (Å²) in [4.78, 5) is 12.7. The van der Waals surface area contributed by atoms with Crippen LogP contribution in [-0.2, 0) is 4.79 Å². The second-order valence-electron chi connectivity index (χ2n) is 3.49. The largest absolute Gasteiger partial charge is 0.497 e. The lowest BCUT2D eigenvalue weighted by molar-refractivity contribution is -0.126. The van der Waals surface area contributed by atoms with Gasteiger partial charge in [0.15, 0.2) is 0 Å². The Labute approximate surface area is 94.0 Å². The molecule has 0 aliphatic rings. The van der Waals surface area contributed by atoms with Crippen molar-refractivity contribution >= 4 is 11.6 Å². The van der Waals surface area contributed by atoms with Gasteiger partial charge in [0.25, 0.3) is 0 Å². The van der Waals surface area contributed by atoms with E-state index in [4.69, 9.17) is 4.74 Å². The molecule has 0 unspecified atom stereocenters. The number of hydrogen-bond donors (Lipinski definition) is 1. The Bertz CT molecular complexity index is 380. The van der Waals surface area contributed by atoms with Crippen molar-refractivity contribution in [2.45, 2.75) is 0 Å². The fourth-order valence-electron chi connectivity index (χ4n) is 1.10. The lowest BCUT2D eigenvalue weighted by Gasteiger charge is -2.12. The highest BCUT2D eigenvalue weighted by Gasteiger charge is 2.07. The summed E-state index contributed by atoms with van der Waals surface area (Å²) in [6.45, 7) is 0.0527. The molecular formula is C11H15FN2O2. The molecule has 88 valence electrons. The number of likely N-dealkylation sites (N-methyl/N-ethyl adjacent to an activating group) is 1. The van der Waals surface area contributed by atoms with Gasteiger partial charge in [-0.15, -0.1) is 0 Å². The van der Waals surface area contributed by atoms with Crippen molar-refractivity contribution in [3.8, 4) is 5.75 Å². The average Bonchev–Trinajstić information content (AvgIpc) is 2.27. The molecule has 1 aromatic carbocycles. The maximum absolute atomic E-state index is 13.3. The van der Waals surface area contributed by atoms with Gasteiger partial charge < -0.3 is 15.0 Å². The SMILES string of the molecule is COc1ccc(F)c(NCC(=O)N(C)C)c1. The van der Waals surface area contributed by atoms with Gasteiger partial charge >= 0.3 is 0 Å². The number of rotatable bonds is 4. The van der Waals surface area contributed by atoms with Gasteiger partial charge in [0.1, 0.15) is 11.6 Å². The molecule has 0 saturated heterocycles. The number of anilines is 1. The van der Waals surface area contributed by atoms with Crippen LogP contribution in [0.1, 0.15) is 0 Å². The van der Waals surface area contributed by atoms with Crippen molar-refractivity contribution in [3.63, 3.8) is 0 Å². The molecule has 0 fully saturated rings. The van der Waals surface area contributed by atoms with E-state index < -0.39 is 5.82 Å². The Kier molecular flexibility index (Phi) is 4.10. The second-order valence-corrected chi connectivity index (χ2v) is 3.49. The molecule has 0 spiro atoms. The number of benzene rings is 1. The molecule has 0 bridgehead atoms. The van der Waals surface area contributed by atoms with Gasteiger partial charge in [0.2, 0.25) is 5.91 Å². The van der Waals surface area contributed by atoms with Crippen LogP contribution in [0.5, 0.6) is 5.75 Å². The van der Waals surface area contributed by atoms with Crippen LogP contribution in [0.15, 0.2) is 18.2 Å². The third kappa shape index (κ3) is 3.12. The molecule has 1 N–H and O–H groups in total. The van der Waals surface area contributed by atoms with Crippen molar-refractivity contribution in [2.75, 3.05) is 33.1 Å². The molecule has 5 heteroatoms. The number of hydrogen-bond acceptors (Lipinski definition) is 3. The molecular weight excluding hydrogens is 211 g/mol. The topological polar surface area (TPSA) is 41.6 Å². The van der Waals surface area contributed by atoms with Gasteiger partial charge in [-0.25, -0.2) is 4.39 Å². The van der Waals surface area contributed by atoms with Crippen LogP contribution in [0.25, 0.3) is 0 Å². The number of nitrogens with one attached hydrogen (secondary N) is 1. The average molecular weight is 226 g/mol. The van der Waals surface area contributed by atoms with Crippen LogP contribution in [0.4, 0.5) is 10.1 Å². The van der Waals surface area contributed by atoms with Gasteiger partial charge in [-0.05, 0) is 12.1 Å². The zero-order valence-corrected chi connectivity index (χ0v) is 9.58. The summed E-state index contributed by atoms with van der Waals surface area (Å²) in [5.41, 5.74) is 0.259. The quantitative estimate of drug-likeness (QED) is 0.842. The molecule has 0 aliphatic heterocycles. The summed E-state index contributed by atoms with van der Waals surface area (Å²) in [5, 5.41) is 2.72. The van der Waals surface area contributed by atoms with Crippen LogP contribution in [0.2, 0.25) is 0 Å². The van der Waals surface area contributed by atoms with E-state index >= 15 is 0 Å². The molecule has 1 rings (SSSR count). The lowest BCUT2D eigenvalue weighted by atomic mass is 10.3. The molecule has 0 aliphatic carbocycles. The van der Waals surface area contributed by atoms with Gasteiger partial charge in [0, 0.05) is 20.2 Å². The smallest absolute Gasteiger partial charge is 0.241 e. The Balaban J connectivity index is 2.69. The van der Waals surface area contributed by atoms with E-state index in [0.29, 0.717) is 5.75 Å². The van der Waals surface area contributed by atoms with Crippen LogP contribution in [0.3, 0.4) is 0 Å². The summed E-state index contributed by atoms with van der Waals surface area (Å²) < 4.78 is 18.3. The van der Waals surface area contributed by atoms with Crippen molar-refractivity contribution < 1.29 is 13.9 Å². The minimum Gasteiger partial charge on any atom is -0.497 e. The third-order valence-electron chi connectivity index (χ3n) is 2.10. The Morgan fingerprint density at radius 3 is 2.75 bits per heavy atom. The fraction of sp³-hybridized carbons (Fsp3) is 0.364. The molecule has 16 heavy (non-hydrogen) atoms. The third-order valence-corrected chi connectivity index (χ3v) is 2.10. The Hall–Kier alpha value is -1.78. The van der Waals surface area contributed by atoms with Crippen molar-refractivity contribution in [1.82, 2.24) is 4.90 Å². The summed E-state index contributed by atoms with van der Waals surface area (Å²) in [5.74, 6) is 0.00998. The predicted octanol–water partition coefficient (Wildman–Crippen LogP) is 1.33. The fourth-order valence-corrected chi connectivity index (χ4v) is 1.10. The minimum atomic E-state index is -0.410. The molecule has 1 amide bonds. The highest BCUT2D eigenvalue weighted by atomic mass is 19.1. The summed E-state index contributed by atoms with van der Waals surface area (Å²) >= 11 is 0. The molecule has 4 nitrogen and oxygen atoms in total. The van der Waals surface area contributed by atoms with E-state index in [9.17, 15) is 9.18 Å². The number of carbonyl (C=O) groups is 1. The number of nitrogens with zero attached hydrogens (tertiary/aromatic N) is 1. The molecule has 0 heterocycles. The van der Waals surface area contributed by atoms with E-state index in [0.717, 1.165) is 0 Å². The minimum absolute atomic E-state index is 0.0527. The van der Waals surface area contributed by atoms with E-state index in [-0.39, 0.29) is 18.1 Å². The Morgan fingerprint density at radius 1 is 1.50 bits per heavy atom. The van der Waals surface area contributed by atoms with Crippen LogP contribution >= 0.6 is 0 Å². The number of amides is 1.